The zero-order valence-electron chi connectivity index (χ0n) is 18.5. The van der Waals surface area contributed by atoms with Crippen molar-refractivity contribution in [3.63, 3.8) is 0 Å². The molecular formula is C24H25N3O5S. The smallest absolute Gasteiger partial charge is 0.255 e. The molecular weight excluding hydrogens is 442 g/mol. The first-order valence-electron chi connectivity index (χ1n) is 10.1. The number of ether oxygens (including phenoxy) is 1. The maximum atomic E-state index is 12.6. The molecule has 0 heterocycles. The second kappa shape index (κ2) is 10.2. The molecule has 0 radical (unpaired) electrons. The monoisotopic (exact) mass is 467 g/mol. The first-order valence-corrected chi connectivity index (χ1v) is 11.9. The van der Waals surface area contributed by atoms with Gasteiger partial charge in [0, 0.05) is 16.9 Å². The summed E-state index contributed by atoms with van der Waals surface area (Å²) in [6.07, 6.45) is 1.06. The van der Waals surface area contributed by atoms with Gasteiger partial charge in [0.15, 0.2) is 0 Å². The Morgan fingerprint density at radius 1 is 0.879 bits per heavy atom. The van der Waals surface area contributed by atoms with Crippen LogP contribution in [-0.4, -0.2) is 40.1 Å². The van der Waals surface area contributed by atoms with Gasteiger partial charge in [-0.3, -0.25) is 13.9 Å². The minimum absolute atomic E-state index is 0.305. The number of nitrogens with one attached hydrogen (secondary N) is 2. The zero-order valence-corrected chi connectivity index (χ0v) is 19.3. The molecule has 3 rings (SSSR count). The summed E-state index contributed by atoms with van der Waals surface area (Å²) in [6, 6.07) is 20.2. The van der Waals surface area contributed by atoms with E-state index in [1.165, 1.54) is 0 Å². The molecule has 33 heavy (non-hydrogen) atoms. The number of benzene rings is 3. The molecule has 0 bridgehead atoms. The van der Waals surface area contributed by atoms with Crippen molar-refractivity contribution in [3.05, 3.63) is 83.9 Å². The van der Waals surface area contributed by atoms with Crippen molar-refractivity contribution in [2.24, 2.45) is 0 Å². The number of nitrogens with zero attached hydrogens (tertiary/aromatic N) is 1. The summed E-state index contributed by atoms with van der Waals surface area (Å²) in [4.78, 5) is 25.0. The van der Waals surface area contributed by atoms with Crippen LogP contribution in [0.1, 0.15) is 15.9 Å². The number of sulfonamides is 1. The SMILES string of the molecule is COc1ccc(NC(=O)c2ccc(NC(=O)CN(c3ccccc3C)S(C)(=O)=O)cc2)cc1. The van der Waals surface area contributed by atoms with Crippen LogP contribution >= 0.6 is 0 Å². The van der Waals surface area contributed by atoms with E-state index in [4.69, 9.17) is 4.74 Å². The predicted molar refractivity (Wildman–Crippen MR) is 129 cm³/mol. The zero-order chi connectivity index (χ0) is 24.0. The normalized spacial score (nSPS) is 10.9. The summed E-state index contributed by atoms with van der Waals surface area (Å²) in [7, 11) is -2.10. The molecule has 172 valence electrons. The minimum atomic E-state index is -3.67. The van der Waals surface area contributed by atoms with Gasteiger partial charge < -0.3 is 15.4 Å². The van der Waals surface area contributed by atoms with E-state index in [1.54, 1.807) is 86.8 Å². The molecule has 0 saturated carbocycles. The average molecular weight is 468 g/mol. The maximum Gasteiger partial charge on any atom is 0.255 e. The molecule has 0 fully saturated rings. The number of hydrogen-bond donors (Lipinski definition) is 2. The maximum absolute atomic E-state index is 12.6. The lowest BCUT2D eigenvalue weighted by molar-refractivity contribution is -0.114. The van der Waals surface area contributed by atoms with Crippen molar-refractivity contribution in [2.75, 3.05) is 34.8 Å². The molecule has 0 aromatic heterocycles. The second-order valence-corrected chi connectivity index (χ2v) is 9.27. The van der Waals surface area contributed by atoms with Crippen molar-refractivity contribution in [1.82, 2.24) is 0 Å². The molecule has 0 spiro atoms. The molecule has 3 aromatic carbocycles. The van der Waals surface area contributed by atoms with Gasteiger partial charge in [-0.15, -0.1) is 0 Å². The topological polar surface area (TPSA) is 105 Å². The summed E-state index contributed by atoms with van der Waals surface area (Å²) in [5.41, 5.74) is 2.65. The Morgan fingerprint density at radius 2 is 1.45 bits per heavy atom. The molecule has 8 nitrogen and oxygen atoms in total. The van der Waals surface area contributed by atoms with E-state index < -0.39 is 15.9 Å². The number of rotatable bonds is 8. The van der Waals surface area contributed by atoms with E-state index in [0.717, 1.165) is 16.1 Å². The Hall–Kier alpha value is -3.85. The molecule has 9 heteroatoms. The minimum Gasteiger partial charge on any atom is -0.497 e. The average Bonchev–Trinajstić information content (AvgIpc) is 2.78. The van der Waals surface area contributed by atoms with Crippen LogP contribution in [-0.2, 0) is 14.8 Å². The first kappa shape index (κ1) is 23.8. The lowest BCUT2D eigenvalue weighted by atomic mass is 10.2. The lowest BCUT2D eigenvalue weighted by Crippen LogP contribution is -2.37. The third-order valence-electron chi connectivity index (χ3n) is 4.85. The number of methoxy groups -OCH3 is 1. The summed E-state index contributed by atoms with van der Waals surface area (Å²) in [5, 5.41) is 5.45. The molecule has 0 aliphatic rings. The van der Waals surface area contributed by atoms with Gasteiger partial charge in [-0.25, -0.2) is 8.42 Å². The number of amides is 2. The van der Waals surface area contributed by atoms with Crippen molar-refractivity contribution < 1.29 is 22.7 Å². The van der Waals surface area contributed by atoms with Gasteiger partial charge in [0.25, 0.3) is 5.91 Å². The number of carbonyl (C=O) groups is 2. The number of aryl methyl sites for hydroxylation is 1. The van der Waals surface area contributed by atoms with Crippen molar-refractivity contribution >= 4 is 38.9 Å². The molecule has 0 saturated heterocycles. The van der Waals surface area contributed by atoms with Gasteiger partial charge in [-0.1, -0.05) is 18.2 Å². The van der Waals surface area contributed by atoms with Gasteiger partial charge in [-0.05, 0) is 67.1 Å². The van der Waals surface area contributed by atoms with Gasteiger partial charge in [0.2, 0.25) is 15.9 Å². The first-order chi connectivity index (χ1) is 15.7. The summed E-state index contributed by atoms with van der Waals surface area (Å²) in [5.74, 6) is -0.120. The quantitative estimate of drug-likeness (QED) is 0.526. The highest BCUT2D eigenvalue weighted by molar-refractivity contribution is 7.92. The highest BCUT2D eigenvalue weighted by Gasteiger charge is 2.22. The Kier molecular flexibility index (Phi) is 7.34. The van der Waals surface area contributed by atoms with Crippen LogP contribution in [0, 0.1) is 6.92 Å². The molecule has 3 aromatic rings. The van der Waals surface area contributed by atoms with Crippen molar-refractivity contribution in [3.8, 4) is 5.75 Å². The molecule has 2 N–H and O–H groups in total. The van der Waals surface area contributed by atoms with Crippen LogP contribution in [0.5, 0.6) is 5.75 Å². The fourth-order valence-electron chi connectivity index (χ4n) is 3.14. The summed E-state index contributed by atoms with van der Waals surface area (Å²) < 4.78 is 30.7. The number of carbonyl (C=O) groups excluding carboxylic acids is 2. The van der Waals surface area contributed by atoms with Crippen molar-refractivity contribution in [2.45, 2.75) is 6.92 Å². The molecule has 0 aliphatic heterocycles. The van der Waals surface area contributed by atoms with Crippen LogP contribution in [0.25, 0.3) is 0 Å². The second-order valence-electron chi connectivity index (χ2n) is 7.36. The van der Waals surface area contributed by atoms with E-state index in [-0.39, 0.29) is 12.5 Å². The van der Waals surface area contributed by atoms with E-state index >= 15 is 0 Å². The van der Waals surface area contributed by atoms with E-state index in [2.05, 4.69) is 10.6 Å². The Bertz CT molecular complexity index is 1240. The van der Waals surface area contributed by atoms with Crippen LogP contribution < -0.4 is 19.7 Å². The lowest BCUT2D eigenvalue weighted by Gasteiger charge is -2.23. The molecule has 2 amide bonds. The highest BCUT2D eigenvalue weighted by atomic mass is 32.2. The molecule has 0 unspecified atom stereocenters. The van der Waals surface area contributed by atoms with E-state index in [9.17, 15) is 18.0 Å². The standard InChI is InChI=1S/C24H25N3O5S/c1-17-6-4-5-7-22(17)27(33(3,30)31)16-23(28)25-19-10-8-18(9-11-19)24(29)26-20-12-14-21(32-2)15-13-20/h4-15H,16H2,1-3H3,(H,25,28)(H,26,29). The van der Waals surface area contributed by atoms with Crippen molar-refractivity contribution in [1.29, 1.82) is 0 Å². The van der Waals surface area contributed by atoms with Gasteiger partial charge in [-0.2, -0.15) is 0 Å². The van der Waals surface area contributed by atoms with E-state index in [1.807, 2.05) is 0 Å². The number of anilines is 3. The predicted octanol–water partition coefficient (Wildman–Crippen LogP) is 3.66. The third kappa shape index (κ3) is 6.33. The molecule has 0 atom stereocenters. The number of hydrogen-bond acceptors (Lipinski definition) is 5. The van der Waals surface area contributed by atoms with Crippen LogP contribution in [0.4, 0.5) is 17.1 Å². The van der Waals surface area contributed by atoms with Crippen LogP contribution in [0.2, 0.25) is 0 Å². The van der Waals surface area contributed by atoms with Crippen LogP contribution in [0.3, 0.4) is 0 Å². The Balaban J connectivity index is 1.65. The van der Waals surface area contributed by atoms with Gasteiger partial charge >= 0.3 is 0 Å². The largest absolute Gasteiger partial charge is 0.497 e. The highest BCUT2D eigenvalue weighted by Crippen LogP contribution is 2.22. The van der Waals surface area contributed by atoms with Gasteiger partial charge in [0.1, 0.15) is 12.3 Å². The summed E-state index contributed by atoms with van der Waals surface area (Å²) in [6.45, 7) is 1.41. The Morgan fingerprint density at radius 3 is 2.03 bits per heavy atom. The Labute approximate surface area is 193 Å². The van der Waals surface area contributed by atoms with Gasteiger partial charge in [0.05, 0.1) is 19.1 Å². The van der Waals surface area contributed by atoms with Crippen LogP contribution in [0.15, 0.2) is 72.8 Å². The summed E-state index contributed by atoms with van der Waals surface area (Å²) >= 11 is 0. The third-order valence-corrected chi connectivity index (χ3v) is 5.98. The fraction of sp³-hybridized carbons (Fsp3) is 0.167. The molecule has 0 aliphatic carbocycles. The van der Waals surface area contributed by atoms with E-state index in [0.29, 0.717) is 28.4 Å². The fourth-order valence-corrected chi connectivity index (χ4v) is 4.05. The number of para-hydroxylation sites is 1.